The van der Waals surface area contributed by atoms with Crippen molar-refractivity contribution in [1.29, 1.82) is 0 Å². The monoisotopic (exact) mass is 500 g/mol. The molecule has 1 aromatic rings. The molecule has 3 rings (SSSR count). The number of halogens is 1. The smallest absolute Gasteiger partial charge is 0.193 e. The molecule has 158 valence electrons. The van der Waals surface area contributed by atoms with Gasteiger partial charge in [-0.05, 0) is 62.9 Å². The van der Waals surface area contributed by atoms with E-state index in [1.165, 1.54) is 44.5 Å². The summed E-state index contributed by atoms with van der Waals surface area (Å²) in [6.45, 7) is 12.1. The Hall–Kier alpha value is -1.02. The number of methoxy groups -OCH3 is 1. The quantitative estimate of drug-likeness (QED) is 0.351. The van der Waals surface area contributed by atoms with Crippen molar-refractivity contribution in [3.8, 4) is 5.75 Å². The molecule has 0 saturated carbocycles. The molecule has 1 N–H and O–H groups in total. The van der Waals surface area contributed by atoms with Gasteiger partial charge in [0.2, 0.25) is 0 Å². The number of nitrogens with zero attached hydrogens (tertiary/aromatic N) is 3. The fraction of sp³-hybridized carbons (Fsp3) is 0.682. The van der Waals surface area contributed by atoms with Crippen LogP contribution in [0.4, 0.5) is 0 Å². The van der Waals surface area contributed by atoms with Crippen molar-refractivity contribution in [3.05, 3.63) is 29.8 Å². The molecule has 5 nitrogen and oxygen atoms in total. The second kappa shape index (κ2) is 11.9. The summed E-state index contributed by atoms with van der Waals surface area (Å²) >= 11 is 0. The summed E-state index contributed by atoms with van der Waals surface area (Å²) in [6, 6.07) is 8.54. The largest absolute Gasteiger partial charge is 0.497 e. The van der Waals surface area contributed by atoms with Crippen LogP contribution >= 0.6 is 24.0 Å². The Labute approximate surface area is 187 Å². The van der Waals surface area contributed by atoms with Gasteiger partial charge < -0.3 is 19.9 Å². The highest BCUT2D eigenvalue weighted by atomic mass is 127. The fourth-order valence-corrected chi connectivity index (χ4v) is 4.23. The predicted octanol–water partition coefficient (Wildman–Crippen LogP) is 3.80. The van der Waals surface area contributed by atoms with E-state index in [1.807, 2.05) is 0 Å². The number of hydrogen-bond donors (Lipinski definition) is 1. The zero-order valence-corrected chi connectivity index (χ0v) is 20.0. The molecule has 6 heteroatoms. The van der Waals surface area contributed by atoms with Crippen LogP contribution in [0.2, 0.25) is 0 Å². The molecule has 2 unspecified atom stereocenters. The third kappa shape index (κ3) is 6.51. The van der Waals surface area contributed by atoms with Gasteiger partial charge in [0.1, 0.15) is 5.75 Å². The van der Waals surface area contributed by atoms with E-state index < -0.39 is 0 Å². The van der Waals surface area contributed by atoms with E-state index in [0.717, 1.165) is 37.9 Å². The first-order valence-electron chi connectivity index (χ1n) is 10.6. The maximum absolute atomic E-state index is 5.28. The molecular formula is C22H37IN4O. The zero-order chi connectivity index (χ0) is 19.1. The lowest BCUT2D eigenvalue weighted by Crippen LogP contribution is -2.40. The summed E-state index contributed by atoms with van der Waals surface area (Å²) in [4.78, 5) is 10.00. The minimum atomic E-state index is 0. The highest BCUT2D eigenvalue weighted by Crippen LogP contribution is 2.28. The van der Waals surface area contributed by atoms with Crippen LogP contribution in [0, 0.1) is 5.92 Å². The van der Waals surface area contributed by atoms with E-state index in [2.05, 4.69) is 53.2 Å². The standard InChI is InChI=1S/C22H36N4O.HI/c1-4-23-22(24-15-18(2)16-25-12-5-6-13-25)26-14-11-20(17-26)19-7-9-21(27-3)10-8-19;/h7-10,18,20H,4-6,11-17H2,1-3H3,(H,23,24);1H. The summed E-state index contributed by atoms with van der Waals surface area (Å²) in [7, 11) is 1.72. The first-order chi connectivity index (χ1) is 13.2. The third-order valence-corrected chi connectivity index (χ3v) is 5.73. The van der Waals surface area contributed by atoms with Crippen LogP contribution in [0.1, 0.15) is 44.6 Å². The highest BCUT2D eigenvalue weighted by Gasteiger charge is 2.26. The minimum absolute atomic E-state index is 0. The molecule has 2 aliphatic heterocycles. The second-order valence-electron chi connectivity index (χ2n) is 8.01. The zero-order valence-electron chi connectivity index (χ0n) is 17.7. The van der Waals surface area contributed by atoms with Crippen molar-refractivity contribution >= 4 is 29.9 Å². The molecule has 0 amide bonds. The summed E-state index contributed by atoms with van der Waals surface area (Å²) in [5, 5.41) is 3.51. The number of benzene rings is 1. The van der Waals surface area contributed by atoms with Crippen molar-refractivity contribution in [2.24, 2.45) is 10.9 Å². The Kier molecular flexibility index (Phi) is 9.85. The van der Waals surface area contributed by atoms with Crippen molar-refractivity contribution in [3.63, 3.8) is 0 Å². The number of aliphatic imine (C=N–C) groups is 1. The van der Waals surface area contributed by atoms with Gasteiger partial charge in [-0.3, -0.25) is 4.99 Å². The Balaban J connectivity index is 0.00000280. The third-order valence-electron chi connectivity index (χ3n) is 5.73. The Morgan fingerprint density at radius 1 is 1.21 bits per heavy atom. The topological polar surface area (TPSA) is 40.1 Å². The molecule has 2 saturated heterocycles. The maximum atomic E-state index is 5.28. The summed E-state index contributed by atoms with van der Waals surface area (Å²) in [6.07, 6.45) is 3.90. The van der Waals surface area contributed by atoms with Gasteiger partial charge in [0.15, 0.2) is 5.96 Å². The molecule has 0 bridgehead atoms. The van der Waals surface area contributed by atoms with Crippen LogP contribution < -0.4 is 10.1 Å². The molecule has 0 aromatic heterocycles. The fourth-order valence-electron chi connectivity index (χ4n) is 4.23. The number of likely N-dealkylation sites (tertiary alicyclic amines) is 2. The van der Waals surface area contributed by atoms with E-state index in [0.29, 0.717) is 11.8 Å². The van der Waals surface area contributed by atoms with E-state index in [9.17, 15) is 0 Å². The number of nitrogens with one attached hydrogen (secondary N) is 1. The van der Waals surface area contributed by atoms with Crippen LogP contribution in [-0.2, 0) is 0 Å². The van der Waals surface area contributed by atoms with Gasteiger partial charge in [-0.1, -0.05) is 19.1 Å². The van der Waals surface area contributed by atoms with Gasteiger partial charge in [-0.25, -0.2) is 0 Å². The summed E-state index contributed by atoms with van der Waals surface area (Å²) < 4.78 is 5.28. The Morgan fingerprint density at radius 2 is 1.93 bits per heavy atom. The minimum Gasteiger partial charge on any atom is -0.497 e. The molecule has 1 aromatic carbocycles. The van der Waals surface area contributed by atoms with Gasteiger partial charge in [0.05, 0.1) is 7.11 Å². The maximum Gasteiger partial charge on any atom is 0.193 e. The molecule has 28 heavy (non-hydrogen) atoms. The van der Waals surface area contributed by atoms with E-state index >= 15 is 0 Å². The van der Waals surface area contributed by atoms with Crippen LogP contribution in [0.15, 0.2) is 29.3 Å². The van der Waals surface area contributed by atoms with Gasteiger partial charge >= 0.3 is 0 Å². The lowest BCUT2D eigenvalue weighted by Gasteiger charge is -2.23. The molecule has 2 atom stereocenters. The molecule has 2 aliphatic rings. The molecule has 2 heterocycles. The molecule has 2 fully saturated rings. The van der Waals surface area contributed by atoms with Gasteiger partial charge in [-0.2, -0.15) is 0 Å². The molecular weight excluding hydrogens is 463 g/mol. The number of ether oxygens (including phenoxy) is 1. The Bertz CT molecular complexity index is 601. The second-order valence-corrected chi connectivity index (χ2v) is 8.01. The van der Waals surface area contributed by atoms with Crippen LogP contribution in [0.25, 0.3) is 0 Å². The van der Waals surface area contributed by atoms with Gasteiger partial charge in [0.25, 0.3) is 0 Å². The number of hydrogen-bond acceptors (Lipinski definition) is 3. The normalized spacial score (nSPS) is 21.5. The average Bonchev–Trinajstić information content (AvgIpc) is 3.37. The SMILES string of the molecule is CCNC(=NCC(C)CN1CCCC1)N1CCC(c2ccc(OC)cc2)C1.I. The van der Waals surface area contributed by atoms with Crippen molar-refractivity contribution in [2.75, 3.05) is 52.9 Å². The van der Waals surface area contributed by atoms with Gasteiger partial charge in [-0.15, -0.1) is 24.0 Å². The van der Waals surface area contributed by atoms with Crippen molar-refractivity contribution < 1.29 is 4.74 Å². The van der Waals surface area contributed by atoms with Crippen LogP contribution in [-0.4, -0.2) is 68.7 Å². The lowest BCUT2D eigenvalue weighted by molar-refractivity contribution is 0.291. The first-order valence-corrected chi connectivity index (χ1v) is 10.6. The van der Waals surface area contributed by atoms with Gasteiger partial charge in [0, 0.05) is 38.6 Å². The first kappa shape index (κ1) is 23.3. The predicted molar refractivity (Wildman–Crippen MR) is 128 cm³/mol. The lowest BCUT2D eigenvalue weighted by atomic mass is 9.98. The van der Waals surface area contributed by atoms with Crippen LogP contribution in [0.5, 0.6) is 5.75 Å². The number of guanidine groups is 1. The van der Waals surface area contributed by atoms with E-state index in [-0.39, 0.29) is 24.0 Å². The van der Waals surface area contributed by atoms with Crippen molar-refractivity contribution in [1.82, 2.24) is 15.1 Å². The van der Waals surface area contributed by atoms with E-state index in [1.54, 1.807) is 7.11 Å². The summed E-state index contributed by atoms with van der Waals surface area (Å²) in [5.74, 6) is 3.19. The molecule has 0 radical (unpaired) electrons. The molecule has 0 spiro atoms. The van der Waals surface area contributed by atoms with Crippen molar-refractivity contribution in [2.45, 2.75) is 39.0 Å². The Morgan fingerprint density at radius 3 is 2.57 bits per heavy atom. The highest BCUT2D eigenvalue weighted by molar-refractivity contribution is 14.0. The molecule has 0 aliphatic carbocycles. The average molecular weight is 500 g/mol. The van der Waals surface area contributed by atoms with Crippen LogP contribution in [0.3, 0.4) is 0 Å². The summed E-state index contributed by atoms with van der Waals surface area (Å²) in [5.41, 5.74) is 1.40. The number of rotatable bonds is 7. The van der Waals surface area contributed by atoms with E-state index in [4.69, 9.17) is 9.73 Å².